The molecule has 0 spiro atoms. The van der Waals surface area contributed by atoms with Crippen LogP contribution in [-0.2, 0) is 16.4 Å². The molecule has 0 unspecified atom stereocenters. The lowest BCUT2D eigenvalue weighted by Crippen LogP contribution is -2.16. The molecule has 20 heavy (non-hydrogen) atoms. The van der Waals surface area contributed by atoms with Crippen LogP contribution in [0.3, 0.4) is 0 Å². The van der Waals surface area contributed by atoms with Crippen LogP contribution in [0.1, 0.15) is 18.7 Å². The number of nitrogens with zero attached hydrogens (tertiary/aromatic N) is 1. The van der Waals surface area contributed by atoms with Crippen molar-refractivity contribution in [2.24, 2.45) is 0 Å². The predicted molar refractivity (Wildman–Crippen MR) is 77.0 cm³/mol. The number of aromatic nitrogens is 2. The molecule has 0 bridgehead atoms. The van der Waals surface area contributed by atoms with Crippen molar-refractivity contribution in [1.82, 2.24) is 15.3 Å². The fourth-order valence-electron chi connectivity index (χ4n) is 2.01. The Bertz CT molecular complexity index is 700. The summed E-state index contributed by atoms with van der Waals surface area (Å²) >= 11 is 0. The predicted octanol–water partition coefficient (Wildman–Crippen LogP) is 1.73. The van der Waals surface area contributed by atoms with E-state index in [-0.39, 0.29) is 0 Å². The molecule has 2 N–H and O–H groups in total. The molecule has 0 radical (unpaired) electrons. The van der Waals surface area contributed by atoms with Gasteiger partial charge in [-0.3, -0.25) is 0 Å². The summed E-state index contributed by atoms with van der Waals surface area (Å²) in [5.41, 5.74) is 1.83. The average Bonchev–Trinajstić information content (AvgIpc) is 3.13. The number of benzene rings is 1. The third kappa shape index (κ3) is 3.08. The van der Waals surface area contributed by atoms with Gasteiger partial charge in [-0.05, 0) is 30.5 Å². The summed E-state index contributed by atoms with van der Waals surface area (Å²) in [7, 11) is -3.14. The van der Waals surface area contributed by atoms with Crippen molar-refractivity contribution in [2.45, 2.75) is 30.3 Å². The quantitative estimate of drug-likeness (QED) is 0.880. The van der Waals surface area contributed by atoms with Crippen LogP contribution >= 0.6 is 0 Å². The minimum atomic E-state index is -3.14. The molecule has 1 aliphatic rings. The highest BCUT2D eigenvalue weighted by atomic mass is 32.2. The number of nitrogens with one attached hydrogen (secondary N) is 2. The largest absolute Gasteiger partial charge is 0.341 e. The van der Waals surface area contributed by atoms with Crippen LogP contribution in [0.25, 0.3) is 11.3 Å². The highest BCUT2D eigenvalue weighted by molar-refractivity contribution is 7.90. The van der Waals surface area contributed by atoms with Crippen LogP contribution < -0.4 is 5.32 Å². The van der Waals surface area contributed by atoms with Gasteiger partial charge >= 0.3 is 0 Å². The van der Waals surface area contributed by atoms with Gasteiger partial charge in [0.15, 0.2) is 9.84 Å². The van der Waals surface area contributed by atoms with Crippen LogP contribution in [0.4, 0.5) is 0 Å². The summed E-state index contributed by atoms with van der Waals surface area (Å²) in [5.74, 6) is 0.902. The van der Waals surface area contributed by atoms with Gasteiger partial charge in [-0.2, -0.15) is 0 Å². The molecule has 3 rings (SSSR count). The van der Waals surface area contributed by atoms with E-state index >= 15 is 0 Å². The molecule has 2 aromatic rings. The summed E-state index contributed by atoms with van der Waals surface area (Å²) in [6.07, 6.45) is 5.49. The van der Waals surface area contributed by atoms with E-state index in [4.69, 9.17) is 0 Å². The van der Waals surface area contributed by atoms with Gasteiger partial charge in [-0.15, -0.1) is 0 Å². The Morgan fingerprint density at radius 1 is 1.30 bits per heavy atom. The smallest absolute Gasteiger partial charge is 0.175 e. The lowest BCUT2D eigenvalue weighted by Gasteiger charge is -2.01. The molecule has 0 atom stereocenters. The lowest BCUT2D eigenvalue weighted by molar-refractivity contribution is 0.602. The van der Waals surface area contributed by atoms with Crippen molar-refractivity contribution < 1.29 is 8.42 Å². The van der Waals surface area contributed by atoms with Gasteiger partial charge < -0.3 is 10.3 Å². The van der Waals surface area contributed by atoms with Gasteiger partial charge in [0.1, 0.15) is 5.82 Å². The van der Waals surface area contributed by atoms with E-state index in [9.17, 15) is 8.42 Å². The van der Waals surface area contributed by atoms with Gasteiger partial charge in [0.2, 0.25) is 0 Å². The van der Waals surface area contributed by atoms with Crippen LogP contribution in [-0.4, -0.2) is 30.7 Å². The molecule has 1 saturated carbocycles. The zero-order chi connectivity index (χ0) is 14.2. The summed E-state index contributed by atoms with van der Waals surface area (Å²) in [4.78, 5) is 7.90. The SMILES string of the molecule is CS(=O)(=O)c1ccc(-c2cnc(CNC3CC3)[nH]2)cc1. The zero-order valence-electron chi connectivity index (χ0n) is 11.3. The number of rotatable bonds is 5. The maximum Gasteiger partial charge on any atom is 0.175 e. The van der Waals surface area contributed by atoms with Crippen LogP contribution in [0, 0.1) is 0 Å². The average molecular weight is 291 g/mol. The monoisotopic (exact) mass is 291 g/mol. The lowest BCUT2D eigenvalue weighted by atomic mass is 10.2. The summed E-state index contributed by atoms with van der Waals surface area (Å²) < 4.78 is 22.8. The number of hydrogen-bond acceptors (Lipinski definition) is 4. The van der Waals surface area contributed by atoms with Crippen molar-refractivity contribution in [1.29, 1.82) is 0 Å². The molecular formula is C14H17N3O2S. The van der Waals surface area contributed by atoms with Gasteiger partial charge in [0.05, 0.1) is 23.3 Å². The maximum absolute atomic E-state index is 11.4. The topological polar surface area (TPSA) is 74.8 Å². The van der Waals surface area contributed by atoms with Crippen LogP contribution in [0.5, 0.6) is 0 Å². The van der Waals surface area contributed by atoms with E-state index in [0.29, 0.717) is 10.9 Å². The molecule has 1 aromatic heterocycles. The first kappa shape index (κ1) is 13.3. The van der Waals surface area contributed by atoms with Crippen LogP contribution in [0.2, 0.25) is 0 Å². The van der Waals surface area contributed by atoms with Gasteiger partial charge in [0.25, 0.3) is 0 Å². The minimum absolute atomic E-state index is 0.330. The normalized spacial score (nSPS) is 15.4. The number of sulfone groups is 1. The Labute approximate surface area is 118 Å². The molecule has 0 saturated heterocycles. The fraction of sp³-hybridized carbons (Fsp3) is 0.357. The van der Waals surface area contributed by atoms with E-state index in [1.807, 2.05) is 0 Å². The molecular weight excluding hydrogens is 274 g/mol. The third-order valence-corrected chi connectivity index (χ3v) is 4.49. The Hall–Kier alpha value is -1.66. The van der Waals surface area contributed by atoms with E-state index in [2.05, 4.69) is 15.3 Å². The molecule has 1 heterocycles. The fourth-order valence-corrected chi connectivity index (χ4v) is 2.64. The first-order chi connectivity index (χ1) is 9.52. The Morgan fingerprint density at radius 2 is 2.00 bits per heavy atom. The van der Waals surface area contributed by atoms with E-state index in [1.54, 1.807) is 30.5 Å². The second-order valence-corrected chi connectivity index (χ2v) is 7.21. The van der Waals surface area contributed by atoms with Crippen molar-refractivity contribution in [2.75, 3.05) is 6.26 Å². The van der Waals surface area contributed by atoms with E-state index < -0.39 is 9.84 Å². The van der Waals surface area contributed by atoms with E-state index in [1.165, 1.54) is 19.1 Å². The molecule has 0 aliphatic heterocycles. The Balaban J connectivity index is 1.75. The van der Waals surface area contributed by atoms with Crippen molar-refractivity contribution >= 4 is 9.84 Å². The molecule has 1 aromatic carbocycles. The number of H-pyrrole nitrogens is 1. The molecule has 106 valence electrons. The standard InChI is InChI=1S/C14H17N3O2S/c1-20(18,19)12-6-2-10(3-7-12)13-8-16-14(17-13)9-15-11-4-5-11/h2-3,6-8,11,15H,4-5,9H2,1H3,(H,16,17). The first-order valence-electron chi connectivity index (χ1n) is 6.60. The number of hydrogen-bond donors (Lipinski definition) is 2. The minimum Gasteiger partial charge on any atom is -0.341 e. The summed E-state index contributed by atoms with van der Waals surface area (Å²) in [6, 6.07) is 7.48. The third-order valence-electron chi connectivity index (χ3n) is 3.36. The second kappa shape index (κ2) is 5.03. The number of imidazole rings is 1. The molecule has 5 nitrogen and oxygen atoms in total. The highest BCUT2D eigenvalue weighted by Crippen LogP contribution is 2.21. The zero-order valence-corrected chi connectivity index (χ0v) is 12.1. The maximum atomic E-state index is 11.4. The van der Waals surface area contributed by atoms with E-state index in [0.717, 1.165) is 23.6 Å². The van der Waals surface area contributed by atoms with Gasteiger partial charge in [0, 0.05) is 12.3 Å². The van der Waals surface area contributed by atoms with Gasteiger partial charge in [-0.1, -0.05) is 12.1 Å². The number of aromatic amines is 1. The Morgan fingerprint density at radius 3 is 2.60 bits per heavy atom. The molecule has 1 aliphatic carbocycles. The summed E-state index contributed by atoms with van der Waals surface area (Å²) in [5, 5.41) is 3.39. The highest BCUT2D eigenvalue weighted by Gasteiger charge is 2.20. The molecule has 6 heteroatoms. The van der Waals surface area contributed by atoms with Crippen molar-refractivity contribution in [3.8, 4) is 11.3 Å². The van der Waals surface area contributed by atoms with Crippen molar-refractivity contribution in [3.05, 3.63) is 36.3 Å². The molecule has 0 amide bonds. The molecule has 1 fully saturated rings. The second-order valence-electron chi connectivity index (χ2n) is 5.20. The van der Waals surface area contributed by atoms with Crippen molar-refractivity contribution in [3.63, 3.8) is 0 Å². The first-order valence-corrected chi connectivity index (χ1v) is 8.49. The van der Waals surface area contributed by atoms with Gasteiger partial charge in [-0.25, -0.2) is 13.4 Å². The Kier molecular flexibility index (Phi) is 3.35. The van der Waals surface area contributed by atoms with Crippen LogP contribution in [0.15, 0.2) is 35.4 Å². The summed E-state index contributed by atoms with van der Waals surface area (Å²) in [6.45, 7) is 0.742.